The van der Waals surface area contributed by atoms with Crippen LogP contribution in [0.15, 0.2) is 146 Å². The highest BCUT2D eigenvalue weighted by molar-refractivity contribution is 7.47. The summed E-state index contributed by atoms with van der Waals surface area (Å²) >= 11 is 0. The average molecular weight is 1360 g/mol. The van der Waals surface area contributed by atoms with Crippen LogP contribution in [0.2, 0.25) is 0 Å². The number of likely N-dealkylation sites (N-methyl/N-ethyl adjacent to an activating group) is 1. The van der Waals surface area contributed by atoms with Gasteiger partial charge in [0.05, 0.1) is 27.7 Å². The number of phosphoric acid groups is 1. The Balaban J connectivity index is 3.98. The summed E-state index contributed by atoms with van der Waals surface area (Å²) in [5.41, 5.74) is 0. The zero-order valence-corrected chi connectivity index (χ0v) is 63.7. The highest BCUT2D eigenvalue weighted by Crippen LogP contribution is 2.43. The zero-order valence-electron chi connectivity index (χ0n) is 62.8. The Labute approximate surface area is 593 Å². The van der Waals surface area contributed by atoms with Crippen molar-refractivity contribution >= 4 is 19.8 Å². The number of unbranched alkanes of at least 4 members (excludes halogenated alkanes) is 34. The lowest BCUT2D eigenvalue weighted by atomic mass is 10.0. The Morgan fingerprint density at radius 3 is 0.833 bits per heavy atom. The Hall–Kier alpha value is -4.11. The minimum Gasteiger partial charge on any atom is -0.462 e. The molecule has 0 aromatic rings. The molecule has 0 aliphatic carbocycles. The Morgan fingerprint density at radius 1 is 0.323 bits per heavy atom. The van der Waals surface area contributed by atoms with E-state index in [9.17, 15) is 19.0 Å². The number of phosphoric ester groups is 1. The number of esters is 2. The molecule has 0 rings (SSSR count). The van der Waals surface area contributed by atoms with Gasteiger partial charge in [-0.2, -0.15) is 0 Å². The normalized spacial score (nSPS) is 13.9. The van der Waals surface area contributed by atoms with Crippen molar-refractivity contribution in [2.75, 3.05) is 47.5 Å². The van der Waals surface area contributed by atoms with E-state index in [2.05, 4.69) is 160 Å². The molecule has 0 aromatic carbocycles. The molecule has 0 bridgehead atoms. The van der Waals surface area contributed by atoms with Crippen LogP contribution in [0.4, 0.5) is 0 Å². The van der Waals surface area contributed by atoms with Crippen molar-refractivity contribution in [2.45, 2.75) is 341 Å². The van der Waals surface area contributed by atoms with Gasteiger partial charge in [-0.1, -0.05) is 352 Å². The zero-order chi connectivity index (χ0) is 69.7. The van der Waals surface area contributed by atoms with Crippen LogP contribution in [0.25, 0.3) is 0 Å². The van der Waals surface area contributed by atoms with E-state index in [1.54, 1.807) is 0 Å². The molecule has 0 saturated heterocycles. The standard InChI is InChI=1S/C86H148NO8P/c1-6-8-10-12-14-16-18-20-22-24-26-28-30-32-34-36-38-39-40-41-42-43-44-45-46-47-49-51-53-55-57-59-61-63-65-67-69-71-73-75-77-79-86(89)95-84(83-94-96(90,91)93-81-80-87(3,4)5)82-92-85(88)78-76-74-72-70-68-66-64-62-60-58-56-54-52-50-48-37-35-33-31-29-27-25-23-21-19-17-15-13-11-9-7-2/h8-11,14-17,20-23,26-29,32,34,38-39,41-42,44-45,84H,6-7,12-13,18-19,24-25,30-31,33,35-37,40,43,46-83H2,1-5H3/p+1/b10-8-,11-9-,16-14-,17-15-,22-20-,23-21-,28-26-,29-27-,34-32-,39-38-,42-41-,45-44-. The van der Waals surface area contributed by atoms with E-state index >= 15 is 0 Å². The van der Waals surface area contributed by atoms with Crippen molar-refractivity contribution in [2.24, 2.45) is 0 Å². The molecular formula is C86H149NO8P+. The summed E-state index contributed by atoms with van der Waals surface area (Å²) in [6, 6.07) is 0. The van der Waals surface area contributed by atoms with Crippen molar-refractivity contribution in [3.8, 4) is 0 Å². The van der Waals surface area contributed by atoms with E-state index in [0.717, 1.165) is 116 Å². The molecule has 9 nitrogen and oxygen atoms in total. The van der Waals surface area contributed by atoms with E-state index < -0.39 is 26.5 Å². The van der Waals surface area contributed by atoms with Gasteiger partial charge < -0.3 is 18.9 Å². The van der Waals surface area contributed by atoms with Crippen molar-refractivity contribution in [1.29, 1.82) is 0 Å². The Kier molecular flexibility index (Phi) is 71.9. The lowest BCUT2D eigenvalue weighted by Gasteiger charge is -2.24. The van der Waals surface area contributed by atoms with Crippen LogP contribution >= 0.6 is 7.82 Å². The van der Waals surface area contributed by atoms with Crippen molar-refractivity contribution in [3.05, 3.63) is 146 Å². The fourth-order valence-corrected chi connectivity index (χ4v) is 11.7. The first-order valence-electron chi connectivity index (χ1n) is 39.6. The fourth-order valence-electron chi connectivity index (χ4n) is 10.9. The average Bonchev–Trinajstić information content (AvgIpc) is 2.54. The second-order valence-corrected chi connectivity index (χ2v) is 28.8. The Morgan fingerprint density at radius 2 is 0.562 bits per heavy atom. The summed E-state index contributed by atoms with van der Waals surface area (Å²) < 4.78 is 34.8. The van der Waals surface area contributed by atoms with Crippen LogP contribution < -0.4 is 0 Å². The number of ether oxygens (including phenoxy) is 2. The SMILES string of the molecule is CC/C=C\C/C=C\C/C=C\C/C=C\C/C=C\C/C=C\C/C=C\C/C=C\CCCCCCCCCCCCCCCCCCC(=O)OC(COC(=O)CCCCCCCCCCCCCCCCCCCC/C=C\C/C=C\C/C=C\C/C=C\CC)COP(=O)(O)OCC[N+](C)(C)C. The number of hydrogen-bond donors (Lipinski definition) is 1. The van der Waals surface area contributed by atoms with E-state index in [-0.39, 0.29) is 32.0 Å². The summed E-state index contributed by atoms with van der Waals surface area (Å²) in [6.45, 7) is 4.24. The van der Waals surface area contributed by atoms with Crippen LogP contribution in [0.3, 0.4) is 0 Å². The summed E-state index contributed by atoms with van der Waals surface area (Å²) in [6.07, 6.45) is 111. The fraction of sp³-hybridized carbons (Fsp3) is 0.698. The molecule has 550 valence electrons. The molecule has 2 unspecified atom stereocenters. The molecule has 0 amide bonds. The lowest BCUT2D eigenvalue weighted by Crippen LogP contribution is -2.37. The first-order valence-corrected chi connectivity index (χ1v) is 41.1. The highest BCUT2D eigenvalue weighted by Gasteiger charge is 2.27. The van der Waals surface area contributed by atoms with Gasteiger partial charge in [-0.15, -0.1) is 0 Å². The minimum atomic E-state index is -4.40. The lowest BCUT2D eigenvalue weighted by molar-refractivity contribution is -0.870. The predicted molar refractivity (Wildman–Crippen MR) is 417 cm³/mol. The van der Waals surface area contributed by atoms with Gasteiger partial charge in [0.25, 0.3) is 0 Å². The molecule has 1 N–H and O–H groups in total. The van der Waals surface area contributed by atoms with E-state index in [1.165, 1.54) is 186 Å². The van der Waals surface area contributed by atoms with Crippen molar-refractivity contribution < 1.29 is 42.1 Å². The van der Waals surface area contributed by atoms with E-state index in [1.807, 2.05) is 21.1 Å². The smallest absolute Gasteiger partial charge is 0.462 e. The molecule has 0 spiro atoms. The van der Waals surface area contributed by atoms with Crippen LogP contribution in [-0.2, 0) is 32.7 Å². The van der Waals surface area contributed by atoms with E-state index in [0.29, 0.717) is 17.4 Å². The topological polar surface area (TPSA) is 108 Å². The van der Waals surface area contributed by atoms with Crippen LogP contribution in [-0.4, -0.2) is 74.9 Å². The van der Waals surface area contributed by atoms with Gasteiger partial charge in [-0.05, 0) is 116 Å². The van der Waals surface area contributed by atoms with Gasteiger partial charge in [0.2, 0.25) is 0 Å². The van der Waals surface area contributed by atoms with Gasteiger partial charge in [-0.3, -0.25) is 18.6 Å². The van der Waals surface area contributed by atoms with Crippen molar-refractivity contribution in [1.82, 2.24) is 0 Å². The van der Waals surface area contributed by atoms with Gasteiger partial charge >= 0.3 is 19.8 Å². The molecule has 0 heterocycles. The number of carbonyl (C=O) groups excluding carboxylic acids is 2. The van der Waals surface area contributed by atoms with E-state index in [4.69, 9.17) is 18.5 Å². The molecule has 96 heavy (non-hydrogen) atoms. The summed E-state index contributed by atoms with van der Waals surface area (Å²) in [5.74, 6) is -0.789. The maximum atomic E-state index is 12.9. The van der Waals surface area contributed by atoms with Gasteiger partial charge in [0, 0.05) is 12.8 Å². The highest BCUT2D eigenvalue weighted by atomic mass is 31.2. The molecule has 10 heteroatoms. The molecular weight excluding hydrogens is 1210 g/mol. The maximum absolute atomic E-state index is 12.9. The Bertz CT molecular complexity index is 2140. The minimum absolute atomic E-state index is 0.0284. The molecule has 0 fully saturated rings. The number of rotatable bonds is 72. The van der Waals surface area contributed by atoms with Crippen LogP contribution in [0.5, 0.6) is 0 Å². The van der Waals surface area contributed by atoms with Gasteiger partial charge in [-0.25, -0.2) is 4.57 Å². The number of carbonyl (C=O) groups is 2. The summed E-state index contributed by atoms with van der Waals surface area (Å²) in [7, 11) is 1.48. The number of quaternary nitrogens is 1. The summed E-state index contributed by atoms with van der Waals surface area (Å²) in [5, 5.41) is 0. The van der Waals surface area contributed by atoms with Crippen LogP contribution in [0.1, 0.15) is 335 Å². The third-order valence-corrected chi connectivity index (χ3v) is 17.8. The molecule has 0 aliphatic heterocycles. The van der Waals surface area contributed by atoms with Gasteiger partial charge in [0.1, 0.15) is 19.8 Å². The molecule has 0 saturated carbocycles. The number of nitrogens with zero attached hydrogens (tertiary/aromatic N) is 1. The second-order valence-electron chi connectivity index (χ2n) is 27.3. The predicted octanol–water partition coefficient (Wildman–Crippen LogP) is 26.5. The quantitative estimate of drug-likeness (QED) is 0.0211. The molecule has 2 atom stereocenters. The first-order chi connectivity index (χ1) is 47.0. The first kappa shape index (κ1) is 91.9. The molecule has 0 aromatic heterocycles. The molecule has 0 aliphatic rings. The monoisotopic (exact) mass is 1360 g/mol. The third-order valence-electron chi connectivity index (χ3n) is 16.9. The largest absolute Gasteiger partial charge is 0.472 e. The van der Waals surface area contributed by atoms with Gasteiger partial charge in [0.15, 0.2) is 6.10 Å². The van der Waals surface area contributed by atoms with Crippen LogP contribution in [0, 0.1) is 0 Å². The number of hydrogen-bond acceptors (Lipinski definition) is 7. The third kappa shape index (κ3) is 78.9. The molecule has 0 radical (unpaired) electrons. The number of allylic oxidation sites excluding steroid dienone is 24. The summed E-state index contributed by atoms with van der Waals surface area (Å²) in [4.78, 5) is 36.0. The second kappa shape index (κ2) is 75.1. The van der Waals surface area contributed by atoms with Crippen molar-refractivity contribution in [3.63, 3.8) is 0 Å². The maximum Gasteiger partial charge on any atom is 0.472 e.